The molecule has 1 atom stereocenters. The summed E-state index contributed by atoms with van der Waals surface area (Å²) in [5.74, 6) is 1.35. The van der Waals surface area contributed by atoms with Crippen molar-refractivity contribution in [3.8, 4) is 11.5 Å². The van der Waals surface area contributed by atoms with Crippen molar-refractivity contribution >= 4 is 11.9 Å². The highest BCUT2D eigenvalue weighted by molar-refractivity contribution is 6.06. The summed E-state index contributed by atoms with van der Waals surface area (Å²) in [7, 11) is 0. The Hall–Kier alpha value is -2.96. The minimum atomic E-state index is -1.19. The van der Waals surface area contributed by atoms with E-state index >= 15 is 0 Å². The third-order valence-corrected chi connectivity index (χ3v) is 4.24. The van der Waals surface area contributed by atoms with E-state index in [9.17, 15) is 9.59 Å². The molecule has 3 amide bonds. The molecule has 0 spiro atoms. The second-order valence-corrected chi connectivity index (χ2v) is 5.90. The van der Waals surface area contributed by atoms with Crippen molar-refractivity contribution in [2.24, 2.45) is 0 Å². The van der Waals surface area contributed by atoms with Gasteiger partial charge in [-0.15, -0.1) is 0 Å². The van der Waals surface area contributed by atoms with Crippen molar-refractivity contribution in [1.29, 1.82) is 0 Å². The van der Waals surface area contributed by atoms with Gasteiger partial charge < -0.3 is 19.2 Å². The number of amides is 3. The number of carbonyl (C=O) groups excluding carboxylic acids is 2. The number of hydrogen-bond acceptors (Lipinski definition) is 5. The van der Waals surface area contributed by atoms with E-state index in [0.29, 0.717) is 30.5 Å². The third kappa shape index (κ3) is 2.20. The number of hydrogen-bond donors (Lipinski definition) is 1. The van der Waals surface area contributed by atoms with Crippen LogP contribution in [0, 0.1) is 0 Å². The summed E-state index contributed by atoms with van der Waals surface area (Å²) >= 11 is 0. The van der Waals surface area contributed by atoms with Crippen molar-refractivity contribution in [3.63, 3.8) is 0 Å². The zero-order chi connectivity index (χ0) is 16.7. The van der Waals surface area contributed by atoms with E-state index in [0.717, 1.165) is 5.56 Å². The number of benzene rings is 1. The second-order valence-electron chi connectivity index (χ2n) is 5.90. The zero-order valence-electron chi connectivity index (χ0n) is 13.1. The largest absolute Gasteiger partial charge is 0.486 e. The van der Waals surface area contributed by atoms with Gasteiger partial charge in [0, 0.05) is 0 Å². The molecule has 1 saturated heterocycles. The molecule has 0 bridgehead atoms. The van der Waals surface area contributed by atoms with Crippen LogP contribution >= 0.6 is 0 Å². The van der Waals surface area contributed by atoms with Crippen molar-refractivity contribution < 1.29 is 23.5 Å². The van der Waals surface area contributed by atoms with Crippen molar-refractivity contribution in [2.75, 3.05) is 13.2 Å². The summed E-state index contributed by atoms with van der Waals surface area (Å²) in [6.07, 6.45) is 1.48. The maximum absolute atomic E-state index is 12.8. The van der Waals surface area contributed by atoms with Crippen LogP contribution in [0.25, 0.3) is 0 Å². The fraction of sp³-hybridized carbons (Fsp3) is 0.294. The predicted molar refractivity (Wildman–Crippen MR) is 82.6 cm³/mol. The molecule has 2 aliphatic rings. The van der Waals surface area contributed by atoms with E-state index in [2.05, 4.69) is 5.32 Å². The van der Waals surface area contributed by atoms with Gasteiger partial charge in [-0.05, 0) is 36.8 Å². The fourth-order valence-electron chi connectivity index (χ4n) is 2.94. The molecule has 1 N–H and O–H groups in total. The van der Waals surface area contributed by atoms with Crippen LogP contribution in [0.5, 0.6) is 11.5 Å². The minimum Gasteiger partial charge on any atom is -0.486 e. The Kier molecular flexibility index (Phi) is 3.23. The molecule has 4 rings (SSSR count). The first-order valence-electron chi connectivity index (χ1n) is 7.64. The van der Waals surface area contributed by atoms with Gasteiger partial charge in [0.1, 0.15) is 19.0 Å². The molecule has 0 radical (unpaired) electrons. The molecule has 1 aromatic heterocycles. The fourth-order valence-corrected chi connectivity index (χ4v) is 2.94. The number of furan rings is 1. The number of ether oxygens (including phenoxy) is 2. The number of imide groups is 1. The van der Waals surface area contributed by atoms with Crippen LogP contribution in [-0.4, -0.2) is 30.1 Å². The highest BCUT2D eigenvalue weighted by Crippen LogP contribution is 2.33. The SMILES string of the molecule is C[C@@]1(c2ccco2)NC(=O)N(Cc2ccc3c(c2)OCCO3)C1=O. The summed E-state index contributed by atoms with van der Waals surface area (Å²) in [5, 5.41) is 2.70. The van der Waals surface area contributed by atoms with Gasteiger partial charge in [-0.1, -0.05) is 6.07 Å². The van der Waals surface area contributed by atoms with Crippen LogP contribution < -0.4 is 14.8 Å². The van der Waals surface area contributed by atoms with Crippen molar-refractivity contribution in [2.45, 2.75) is 19.0 Å². The zero-order valence-corrected chi connectivity index (χ0v) is 13.1. The second kappa shape index (κ2) is 5.30. The summed E-state index contributed by atoms with van der Waals surface area (Å²) in [4.78, 5) is 26.2. The van der Waals surface area contributed by atoms with Crippen molar-refractivity contribution in [1.82, 2.24) is 10.2 Å². The summed E-state index contributed by atoms with van der Waals surface area (Å²) in [5.41, 5.74) is -0.402. The van der Waals surface area contributed by atoms with Crippen LogP contribution in [-0.2, 0) is 16.9 Å². The van der Waals surface area contributed by atoms with Gasteiger partial charge in [0.15, 0.2) is 17.0 Å². The Labute approximate surface area is 138 Å². The average Bonchev–Trinajstić information content (AvgIpc) is 3.19. The topological polar surface area (TPSA) is 81.0 Å². The van der Waals surface area contributed by atoms with Gasteiger partial charge in [-0.3, -0.25) is 9.69 Å². The smallest absolute Gasteiger partial charge is 0.325 e. The lowest BCUT2D eigenvalue weighted by Gasteiger charge is -2.21. The highest BCUT2D eigenvalue weighted by Gasteiger charge is 2.50. The van der Waals surface area contributed by atoms with E-state index in [-0.39, 0.29) is 12.5 Å². The molecule has 0 unspecified atom stereocenters. The Bertz CT molecular complexity index is 801. The molecule has 24 heavy (non-hydrogen) atoms. The van der Waals surface area contributed by atoms with Crippen LogP contribution in [0.1, 0.15) is 18.2 Å². The van der Waals surface area contributed by atoms with Crippen LogP contribution in [0.15, 0.2) is 41.0 Å². The van der Waals surface area contributed by atoms with Gasteiger partial charge in [-0.2, -0.15) is 0 Å². The highest BCUT2D eigenvalue weighted by atomic mass is 16.6. The normalized spacial score (nSPS) is 22.6. The van der Waals surface area contributed by atoms with E-state index in [1.807, 2.05) is 6.07 Å². The standard InChI is InChI=1S/C17H16N2O5/c1-17(14-3-2-6-24-14)15(20)19(16(21)18-17)10-11-4-5-12-13(9-11)23-8-7-22-12/h2-6,9H,7-8,10H2,1H3,(H,18,21)/t17-/m0/s1. The maximum atomic E-state index is 12.8. The van der Waals surface area contributed by atoms with Gasteiger partial charge in [0.05, 0.1) is 12.8 Å². The van der Waals surface area contributed by atoms with E-state index in [1.165, 1.54) is 11.2 Å². The molecule has 1 aromatic carbocycles. The Morgan fingerprint density at radius 1 is 1.17 bits per heavy atom. The third-order valence-electron chi connectivity index (χ3n) is 4.24. The Morgan fingerprint density at radius 2 is 1.96 bits per heavy atom. The lowest BCUT2D eigenvalue weighted by atomic mass is 9.99. The summed E-state index contributed by atoms with van der Waals surface area (Å²) in [6, 6.07) is 8.30. The Morgan fingerprint density at radius 3 is 2.71 bits per heavy atom. The lowest BCUT2D eigenvalue weighted by molar-refractivity contribution is -0.132. The molecule has 7 nitrogen and oxygen atoms in total. The minimum absolute atomic E-state index is 0.150. The molecule has 2 aliphatic heterocycles. The van der Waals surface area contributed by atoms with Crippen molar-refractivity contribution in [3.05, 3.63) is 47.9 Å². The molecule has 2 aromatic rings. The molecular formula is C17H16N2O5. The average molecular weight is 328 g/mol. The maximum Gasteiger partial charge on any atom is 0.325 e. The van der Waals surface area contributed by atoms with E-state index in [4.69, 9.17) is 13.9 Å². The first kappa shape index (κ1) is 14.6. The van der Waals surface area contributed by atoms with Crippen LogP contribution in [0.2, 0.25) is 0 Å². The van der Waals surface area contributed by atoms with Gasteiger partial charge in [0.25, 0.3) is 5.91 Å². The predicted octanol–water partition coefficient (Wildman–Crippen LogP) is 2.02. The van der Waals surface area contributed by atoms with Gasteiger partial charge in [0.2, 0.25) is 0 Å². The van der Waals surface area contributed by atoms with Gasteiger partial charge >= 0.3 is 6.03 Å². The quantitative estimate of drug-likeness (QED) is 0.872. The monoisotopic (exact) mass is 328 g/mol. The number of urea groups is 1. The number of fused-ring (bicyclic) bond motifs is 1. The van der Waals surface area contributed by atoms with E-state index < -0.39 is 11.6 Å². The number of nitrogens with one attached hydrogen (secondary N) is 1. The van der Waals surface area contributed by atoms with Crippen LogP contribution in [0.3, 0.4) is 0 Å². The molecule has 124 valence electrons. The van der Waals surface area contributed by atoms with Crippen LogP contribution in [0.4, 0.5) is 4.79 Å². The number of carbonyl (C=O) groups is 2. The summed E-state index contributed by atoms with van der Waals surface area (Å²) in [6.45, 7) is 2.78. The number of nitrogens with zero attached hydrogens (tertiary/aromatic N) is 1. The molecule has 1 fully saturated rings. The first-order valence-corrected chi connectivity index (χ1v) is 7.64. The number of rotatable bonds is 3. The molecule has 0 aliphatic carbocycles. The molecular weight excluding hydrogens is 312 g/mol. The molecule has 3 heterocycles. The Balaban J connectivity index is 1.59. The molecule has 7 heteroatoms. The first-order chi connectivity index (χ1) is 11.6. The van der Waals surface area contributed by atoms with E-state index in [1.54, 1.807) is 31.2 Å². The summed E-state index contributed by atoms with van der Waals surface area (Å²) < 4.78 is 16.3. The lowest BCUT2D eigenvalue weighted by Crippen LogP contribution is -2.40. The van der Waals surface area contributed by atoms with Gasteiger partial charge in [-0.25, -0.2) is 4.79 Å². The molecule has 0 saturated carbocycles.